The number of rotatable bonds is 1. The lowest BCUT2D eigenvalue weighted by Crippen LogP contribution is -1.77. The lowest BCUT2D eigenvalue weighted by atomic mass is 10.2. The Labute approximate surface area is 74.5 Å². The fourth-order valence-electron chi connectivity index (χ4n) is 1.16. The van der Waals surface area contributed by atoms with E-state index >= 15 is 0 Å². The van der Waals surface area contributed by atoms with Gasteiger partial charge in [-0.2, -0.15) is 0 Å². The molecular formula is C9H8N2O2. The molecule has 2 aromatic rings. The highest BCUT2D eigenvalue weighted by Crippen LogP contribution is 2.15. The van der Waals surface area contributed by atoms with Crippen molar-refractivity contribution in [2.75, 3.05) is 0 Å². The van der Waals surface area contributed by atoms with E-state index in [2.05, 4.69) is 10.1 Å². The van der Waals surface area contributed by atoms with E-state index in [4.69, 9.17) is 9.62 Å². The van der Waals surface area contributed by atoms with Gasteiger partial charge in [0.2, 0.25) is 5.89 Å². The van der Waals surface area contributed by atoms with Gasteiger partial charge >= 0.3 is 0 Å². The summed E-state index contributed by atoms with van der Waals surface area (Å²) in [6.07, 6.45) is 1.16. The Balaban J connectivity index is 2.62. The highest BCUT2D eigenvalue weighted by atomic mass is 16.4. The van der Waals surface area contributed by atoms with Crippen molar-refractivity contribution in [3.05, 3.63) is 29.7 Å². The molecule has 4 nitrogen and oxygen atoms in total. The minimum Gasteiger partial charge on any atom is -0.435 e. The van der Waals surface area contributed by atoms with Gasteiger partial charge in [0.15, 0.2) is 5.58 Å². The van der Waals surface area contributed by atoms with E-state index in [0.29, 0.717) is 11.5 Å². The topological polar surface area (TPSA) is 58.6 Å². The first kappa shape index (κ1) is 7.79. The van der Waals surface area contributed by atoms with Gasteiger partial charge in [-0.1, -0.05) is 11.2 Å². The predicted molar refractivity (Wildman–Crippen MR) is 48.1 cm³/mol. The molecule has 0 fully saturated rings. The van der Waals surface area contributed by atoms with Crippen molar-refractivity contribution in [2.24, 2.45) is 5.16 Å². The summed E-state index contributed by atoms with van der Waals surface area (Å²) in [6.45, 7) is 1.98. The zero-order chi connectivity index (χ0) is 9.26. The molecule has 0 spiro atoms. The smallest absolute Gasteiger partial charge is 0.241 e. The molecule has 0 atom stereocenters. The summed E-state index contributed by atoms with van der Waals surface area (Å²) in [7, 11) is 0. The minimum absolute atomic E-state index is 0.308. The lowest BCUT2D eigenvalue weighted by Gasteiger charge is -1.87. The standard InChI is InChI=1S/C9H8N2O2/c1-6-2-3-8-7(4-6)11-9(13-8)5-10-12/h2-5,12H,1H3. The van der Waals surface area contributed by atoms with Crippen LogP contribution in [0.3, 0.4) is 0 Å². The first-order valence-corrected chi connectivity index (χ1v) is 3.84. The first-order chi connectivity index (χ1) is 6.29. The Morgan fingerprint density at radius 1 is 1.54 bits per heavy atom. The molecular weight excluding hydrogens is 168 g/mol. The maximum absolute atomic E-state index is 8.27. The van der Waals surface area contributed by atoms with E-state index in [9.17, 15) is 0 Å². The number of benzene rings is 1. The molecule has 0 aliphatic carbocycles. The summed E-state index contributed by atoms with van der Waals surface area (Å²) in [4.78, 5) is 4.09. The van der Waals surface area contributed by atoms with Crippen LogP contribution in [0.15, 0.2) is 27.8 Å². The molecule has 2 rings (SSSR count). The predicted octanol–water partition coefficient (Wildman–Crippen LogP) is 1.94. The first-order valence-electron chi connectivity index (χ1n) is 3.84. The van der Waals surface area contributed by atoms with Crippen molar-refractivity contribution in [2.45, 2.75) is 6.92 Å². The molecule has 0 aliphatic rings. The van der Waals surface area contributed by atoms with Gasteiger partial charge in [0.1, 0.15) is 11.7 Å². The van der Waals surface area contributed by atoms with Gasteiger partial charge < -0.3 is 9.62 Å². The molecule has 1 N–H and O–H groups in total. The van der Waals surface area contributed by atoms with Gasteiger partial charge in [-0.05, 0) is 24.6 Å². The summed E-state index contributed by atoms with van der Waals surface area (Å²) in [6, 6.07) is 5.69. The van der Waals surface area contributed by atoms with Crippen molar-refractivity contribution < 1.29 is 9.62 Å². The Bertz CT molecular complexity index is 460. The summed E-state index contributed by atoms with van der Waals surface area (Å²) in [5.74, 6) is 0.308. The van der Waals surface area contributed by atoms with Crippen molar-refractivity contribution in [3.63, 3.8) is 0 Å². The van der Waals surface area contributed by atoms with E-state index in [1.54, 1.807) is 0 Å². The monoisotopic (exact) mass is 176 g/mol. The molecule has 13 heavy (non-hydrogen) atoms. The third-order valence-corrected chi connectivity index (χ3v) is 1.73. The van der Waals surface area contributed by atoms with Crippen LogP contribution in [-0.4, -0.2) is 16.4 Å². The maximum Gasteiger partial charge on any atom is 0.241 e. The van der Waals surface area contributed by atoms with Crippen molar-refractivity contribution in [3.8, 4) is 0 Å². The summed E-state index contributed by atoms with van der Waals surface area (Å²) < 4.78 is 5.24. The number of aryl methyl sites for hydroxylation is 1. The van der Waals surface area contributed by atoms with Crippen LogP contribution in [0.4, 0.5) is 0 Å². The highest BCUT2D eigenvalue weighted by Gasteiger charge is 2.02. The van der Waals surface area contributed by atoms with Crippen LogP contribution in [0.1, 0.15) is 11.5 Å². The molecule has 0 unspecified atom stereocenters. The average Bonchev–Trinajstić information content (AvgIpc) is 2.46. The Hall–Kier alpha value is -1.84. The van der Waals surface area contributed by atoms with E-state index in [1.807, 2.05) is 25.1 Å². The molecule has 0 saturated carbocycles. The third-order valence-electron chi connectivity index (χ3n) is 1.73. The van der Waals surface area contributed by atoms with Gasteiger partial charge in [-0.25, -0.2) is 4.98 Å². The van der Waals surface area contributed by atoms with Crippen LogP contribution < -0.4 is 0 Å². The van der Waals surface area contributed by atoms with E-state index in [0.717, 1.165) is 17.3 Å². The highest BCUT2D eigenvalue weighted by molar-refractivity contribution is 5.81. The lowest BCUT2D eigenvalue weighted by molar-refractivity contribution is 0.320. The third kappa shape index (κ3) is 1.38. The molecule has 1 aromatic heterocycles. The zero-order valence-corrected chi connectivity index (χ0v) is 7.06. The van der Waals surface area contributed by atoms with Gasteiger partial charge in [0, 0.05) is 0 Å². The molecule has 0 radical (unpaired) electrons. The molecule has 0 saturated heterocycles. The second-order valence-electron chi connectivity index (χ2n) is 2.77. The van der Waals surface area contributed by atoms with Crippen LogP contribution in [-0.2, 0) is 0 Å². The van der Waals surface area contributed by atoms with Crippen LogP contribution in [0.5, 0.6) is 0 Å². The molecule has 0 bridgehead atoms. The molecule has 0 aliphatic heterocycles. The van der Waals surface area contributed by atoms with E-state index in [-0.39, 0.29) is 0 Å². The van der Waals surface area contributed by atoms with Crippen LogP contribution in [0, 0.1) is 6.92 Å². The number of fused-ring (bicyclic) bond motifs is 1. The molecule has 4 heteroatoms. The number of oxime groups is 1. The Morgan fingerprint density at radius 2 is 2.38 bits per heavy atom. The largest absolute Gasteiger partial charge is 0.435 e. The second-order valence-corrected chi connectivity index (χ2v) is 2.77. The van der Waals surface area contributed by atoms with E-state index in [1.165, 1.54) is 0 Å². The van der Waals surface area contributed by atoms with Gasteiger partial charge in [-0.15, -0.1) is 0 Å². The Morgan fingerprint density at radius 3 is 3.15 bits per heavy atom. The Kier molecular flexibility index (Phi) is 1.73. The van der Waals surface area contributed by atoms with Gasteiger partial charge in [-0.3, -0.25) is 0 Å². The summed E-state index contributed by atoms with van der Waals surface area (Å²) in [5, 5.41) is 11.1. The minimum atomic E-state index is 0.308. The molecule has 66 valence electrons. The molecule has 1 aromatic carbocycles. The van der Waals surface area contributed by atoms with Crippen molar-refractivity contribution >= 4 is 17.3 Å². The van der Waals surface area contributed by atoms with Gasteiger partial charge in [0.25, 0.3) is 0 Å². The van der Waals surface area contributed by atoms with Gasteiger partial charge in [0.05, 0.1) is 0 Å². The summed E-state index contributed by atoms with van der Waals surface area (Å²) >= 11 is 0. The average molecular weight is 176 g/mol. The fourth-order valence-corrected chi connectivity index (χ4v) is 1.16. The SMILES string of the molecule is Cc1ccc2oc(C=NO)nc2c1. The number of hydrogen-bond donors (Lipinski definition) is 1. The second kappa shape index (κ2) is 2.90. The number of nitrogens with zero attached hydrogens (tertiary/aromatic N) is 2. The number of aromatic nitrogens is 1. The zero-order valence-electron chi connectivity index (χ0n) is 7.06. The van der Waals surface area contributed by atoms with Crippen LogP contribution in [0.25, 0.3) is 11.1 Å². The maximum atomic E-state index is 8.27. The number of hydrogen-bond acceptors (Lipinski definition) is 4. The summed E-state index contributed by atoms with van der Waals surface area (Å²) in [5.41, 5.74) is 2.59. The van der Waals surface area contributed by atoms with Crippen molar-refractivity contribution in [1.82, 2.24) is 4.98 Å². The molecule has 1 heterocycles. The fraction of sp³-hybridized carbons (Fsp3) is 0.111. The normalized spacial score (nSPS) is 11.5. The van der Waals surface area contributed by atoms with Crippen molar-refractivity contribution in [1.29, 1.82) is 0 Å². The van der Waals surface area contributed by atoms with Crippen LogP contribution >= 0.6 is 0 Å². The van der Waals surface area contributed by atoms with E-state index < -0.39 is 0 Å². The molecule has 0 amide bonds. The number of oxazole rings is 1. The van der Waals surface area contributed by atoms with Crippen LogP contribution in [0.2, 0.25) is 0 Å². The quantitative estimate of drug-likeness (QED) is 0.410.